The van der Waals surface area contributed by atoms with Crippen LogP contribution >= 0.6 is 0 Å². The number of carbonyl (C=O) groups excluding carboxylic acids is 1. The summed E-state index contributed by atoms with van der Waals surface area (Å²) in [5.74, 6) is -4.82. The molecule has 28 heavy (non-hydrogen) atoms. The zero-order chi connectivity index (χ0) is 21.1. The highest BCUT2D eigenvalue weighted by atomic mass is 19.4. The number of nitrogens with zero attached hydrogens (tertiary/aromatic N) is 1. The lowest BCUT2D eigenvalue weighted by molar-refractivity contribution is -0.286. The molecule has 2 aliphatic rings. The molecule has 0 radical (unpaired) electrons. The Hall–Kier alpha value is -2.18. The van der Waals surface area contributed by atoms with Gasteiger partial charge in [-0.1, -0.05) is 0 Å². The van der Waals surface area contributed by atoms with Crippen LogP contribution in [-0.4, -0.2) is 35.5 Å². The summed E-state index contributed by atoms with van der Waals surface area (Å²) in [5.41, 5.74) is -4.74. The summed E-state index contributed by atoms with van der Waals surface area (Å²) < 4.78 is 123. The first kappa shape index (κ1) is 20.6. The number of anilines is 1. The Labute approximate surface area is 151 Å². The van der Waals surface area contributed by atoms with Crippen molar-refractivity contribution in [2.45, 2.75) is 43.3 Å². The number of nitrogens with one attached hydrogen (secondary N) is 1. The number of fused-ring (bicyclic) bond motifs is 1. The highest BCUT2D eigenvalue weighted by molar-refractivity contribution is 5.79. The van der Waals surface area contributed by atoms with Gasteiger partial charge in [0.15, 0.2) is 0 Å². The van der Waals surface area contributed by atoms with Crippen LogP contribution in [0.4, 0.5) is 45.2 Å². The molecule has 2 atom stereocenters. The van der Waals surface area contributed by atoms with Gasteiger partial charge in [-0.3, -0.25) is 4.79 Å². The molecule has 2 fully saturated rings. The fourth-order valence-corrected chi connectivity index (χ4v) is 3.27. The number of cyclic esters (lactones) is 1. The molecular weight excluding hydrogens is 411 g/mol. The predicted molar refractivity (Wildman–Crippen MR) is 74.7 cm³/mol. The SMILES string of the molecule is O=C1O[C@](Nc2cc(C(F)(F)F)cc(C(F)(F)F)c2)(C(F)(F)F)N2CCC[C@H]12. The molecule has 1 aromatic carbocycles. The minimum absolute atomic E-state index is 0.0226. The van der Waals surface area contributed by atoms with Crippen molar-refractivity contribution in [1.29, 1.82) is 0 Å². The summed E-state index contributed by atoms with van der Waals surface area (Å²) in [4.78, 5) is 12.4. The van der Waals surface area contributed by atoms with Crippen LogP contribution in [0.25, 0.3) is 0 Å². The molecule has 0 aromatic heterocycles. The number of benzene rings is 1. The van der Waals surface area contributed by atoms with Gasteiger partial charge < -0.3 is 10.1 Å². The second-order valence-electron chi connectivity index (χ2n) is 6.33. The van der Waals surface area contributed by atoms with E-state index in [9.17, 15) is 44.3 Å². The van der Waals surface area contributed by atoms with Crippen LogP contribution in [0.5, 0.6) is 0 Å². The largest absolute Gasteiger partial charge is 0.465 e. The van der Waals surface area contributed by atoms with E-state index in [-0.39, 0.29) is 37.6 Å². The minimum atomic E-state index is -5.34. The number of ether oxygens (including phenoxy) is 1. The maximum absolute atomic E-state index is 13.8. The summed E-state index contributed by atoms with van der Waals surface area (Å²) in [6.07, 6.45) is -15.6. The number of carbonyl (C=O) groups is 1. The first-order valence-corrected chi connectivity index (χ1v) is 7.79. The normalized spacial score (nSPS) is 26.3. The fraction of sp³-hybridized carbons (Fsp3) is 0.533. The van der Waals surface area contributed by atoms with Crippen LogP contribution in [0, 0.1) is 0 Å². The third-order valence-electron chi connectivity index (χ3n) is 4.46. The van der Waals surface area contributed by atoms with E-state index in [1.54, 1.807) is 5.32 Å². The average molecular weight is 422 g/mol. The van der Waals surface area contributed by atoms with Crippen molar-refractivity contribution in [3.8, 4) is 0 Å². The van der Waals surface area contributed by atoms with Gasteiger partial charge in [-0.2, -0.15) is 39.5 Å². The van der Waals surface area contributed by atoms with Gasteiger partial charge in [0, 0.05) is 12.2 Å². The maximum Gasteiger partial charge on any atom is 0.465 e. The highest BCUT2D eigenvalue weighted by Crippen LogP contribution is 2.47. The summed E-state index contributed by atoms with van der Waals surface area (Å²) in [6.45, 7) is -0.284. The lowest BCUT2D eigenvalue weighted by atomic mass is 10.1. The van der Waals surface area contributed by atoms with E-state index in [0.29, 0.717) is 4.90 Å². The van der Waals surface area contributed by atoms with Crippen LogP contribution < -0.4 is 5.32 Å². The van der Waals surface area contributed by atoms with E-state index in [4.69, 9.17) is 0 Å². The monoisotopic (exact) mass is 422 g/mol. The molecule has 0 saturated carbocycles. The van der Waals surface area contributed by atoms with Gasteiger partial charge in [0.1, 0.15) is 6.04 Å². The van der Waals surface area contributed by atoms with E-state index in [1.165, 1.54) is 0 Å². The zero-order valence-electron chi connectivity index (χ0n) is 13.6. The van der Waals surface area contributed by atoms with E-state index in [1.807, 2.05) is 0 Å². The Bertz CT molecular complexity index is 755. The van der Waals surface area contributed by atoms with Crippen LogP contribution in [0.2, 0.25) is 0 Å². The number of hydrogen-bond donors (Lipinski definition) is 1. The van der Waals surface area contributed by atoms with Crippen LogP contribution in [0.3, 0.4) is 0 Å². The number of halogens is 9. The Morgan fingerprint density at radius 3 is 1.96 bits per heavy atom. The van der Waals surface area contributed by atoms with Gasteiger partial charge in [0.05, 0.1) is 11.1 Å². The summed E-state index contributed by atoms with van der Waals surface area (Å²) in [6, 6.07) is -1.31. The Kier molecular flexibility index (Phi) is 4.52. The van der Waals surface area contributed by atoms with E-state index >= 15 is 0 Å². The van der Waals surface area contributed by atoms with Gasteiger partial charge >= 0.3 is 30.3 Å². The quantitative estimate of drug-likeness (QED) is 0.568. The van der Waals surface area contributed by atoms with E-state index in [0.717, 1.165) is 0 Å². The Balaban J connectivity index is 2.11. The summed E-state index contributed by atoms with van der Waals surface area (Å²) in [5, 5.41) is 1.58. The van der Waals surface area contributed by atoms with Gasteiger partial charge in [-0.25, -0.2) is 4.90 Å². The molecule has 0 bridgehead atoms. The van der Waals surface area contributed by atoms with Crippen molar-refractivity contribution in [3.05, 3.63) is 29.3 Å². The molecule has 0 unspecified atom stereocenters. The van der Waals surface area contributed by atoms with Gasteiger partial charge in [-0.05, 0) is 31.0 Å². The first-order chi connectivity index (χ1) is 12.6. The van der Waals surface area contributed by atoms with Crippen molar-refractivity contribution in [2.75, 3.05) is 11.9 Å². The van der Waals surface area contributed by atoms with Crippen LogP contribution in [0.15, 0.2) is 18.2 Å². The molecule has 1 aromatic rings. The van der Waals surface area contributed by atoms with Gasteiger partial charge in [-0.15, -0.1) is 0 Å². The number of alkyl halides is 9. The van der Waals surface area contributed by atoms with Gasteiger partial charge in [0.2, 0.25) is 0 Å². The molecule has 2 heterocycles. The molecule has 0 aliphatic carbocycles. The van der Waals surface area contributed by atoms with E-state index < -0.39 is 53.2 Å². The Morgan fingerprint density at radius 1 is 0.964 bits per heavy atom. The molecule has 2 saturated heterocycles. The topological polar surface area (TPSA) is 41.6 Å². The lowest BCUT2D eigenvalue weighted by Gasteiger charge is -2.37. The van der Waals surface area contributed by atoms with Crippen molar-refractivity contribution >= 4 is 11.7 Å². The van der Waals surface area contributed by atoms with Crippen molar-refractivity contribution < 1.29 is 49.0 Å². The third kappa shape index (κ3) is 3.35. The number of esters is 1. The molecule has 0 amide bonds. The van der Waals surface area contributed by atoms with Crippen molar-refractivity contribution in [1.82, 2.24) is 4.90 Å². The zero-order valence-corrected chi connectivity index (χ0v) is 13.6. The Morgan fingerprint density at radius 2 is 1.50 bits per heavy atom. The molecule has 2 aliphatic heterocycles. The lowest BCUT2D eigenvalue weighted by Crippen LogP contribution is -2.62. The molecule has 156 valence electrons. The standard InChI is InChI=1S/C15H11F9N2O2/c16-12(17,18)7-4-8(13(19,20)21)6-9(5-7)25-15(14(22,23)24)26-3-1-2-10(26)11(27)28-15/h4-6,10,25H,1-3H2/t10-,15+/m1/s1. The molecular formula is C15H11F9N2O2. The first-order valence-electron chi connectivity index (χ1n) is 7.79. The van der Waals surface area contributed by atoms with Gasteiger partial charge in [0.25, 0.3) is 0 Å². The van der Waals surface area contributed by atoms with Crippen molar-refractivity contribution in [3.63, 3.8) is 0 Å². The fourth-order valence-electron chi connectivity index (χ4n) is 3.27. The van der Waals surface area contributed by atoms with E-state index in [2.05, 4.69) is 4.74 Å². The second kappa shape index (κ2) is 6.16. The summed E-state index contributed by atoms with van der Waals surface area (Å²) in [7, 11) is 0. The predicted octanol–water partition coefficient (Wildman–Crippen LogP) is 4.37. The number of hydrogen-bond acceptors (Lipinski definition) is 4. The van der Waals surface area contributed by atoms with Crippen molar-refractivity contribution in [2.24, 2.45) is 0 Å². The molecule has 1 N–H and O–H groups in total. The third-order valence-corrected chi connectivity index (χ3v) is 4.46. The smallest absolute Gasteiger partial charge is 0.414 e. The minimum Gasteiger partial charge on any atom is -0.414 e. The maximum atomic E-state index is 13.8. The van der Waals surface area contributed by atoms with Crippen LogP contribution in [0.1, 0.15) is 24.0 Å². The average Bonchev–Trinajstić information content (AvgIpc) is 3.09. The highest BCUT2D eigenvalue weighted by Gasteiger charge is 2.70. The molecule has 13 heteroatoms. The molecule has 3 rings (SSSR count). The number of rotatable bonds is 2. The summed E-state index contributed by atoms with van der Waals surface area (Å²) >= 11 is 0. The molecule has 4 nitrogen and oxygen atoms in total. The second-order valence-corrected chi connectivity index (χ2v) is 6.33. The molecule has 0 spiro atoms. The van der Waals surface area contributed by atoms with Crippen LogP contribution in [-0.2, 0) is 21.9 Å².